The summed E-state index contributed by atoms with van der Waals surface area (Å²) < 4.78 is 6.10. The quantitative estimate of drug-likeness (QED) is 0.508. The topological polar surface area (TPSA) is 42.2 Å². The van der Waals surface area contributed by atoms with Gasteiger partial charge in [-0.3, -0.25) is 4.79 Å². The van der Waals surface area contributed by atoms with Crippen LogP contribution in [0.2, 0.25) is 0 Å². The molecule has 2 aromatic rings. The third kappa shape index (κ3) is 4.94. The number of halogens is 1. The molecule has 0 radical (unpaired) electrons. The molecule has 1 aromatic carbocycles. The zero-order valence-electron chi connectivity index (χ0n) is 10.6. The summed E-state index contributed by atoms with van der Waals surface area (Å²) in [5.74, 6) is 6.32. The zero-order chi connectivity index (χ0) is 14.2. The lowest BCUT2D eigenvalue weighted by molar-refractivity contribution is -0.116. The Balaban J connectivity index is 1.78. The number of nitrogens with one attached hydrogen (secondary N) is 1. The first kappa shape index (κ1) is 14.4. The highest BCUT2D eigenvalue weighted by Crippen LogP contribution is 2.11. The van der Waals surface area contributed by atoms with Crippen molar-refractivity contribution in [1.29, 1.82) is 0 Å². The minimum atomic E-state index is -0.196. The lowest BCUT2D eigenvalue weighted by Gasteiger charge is -1.94. The van der Waals surface area contributed by atoms with Gasteiger partial charge in [0, 0.05) is 11.6 Å². The fourth-order valence-electron chi connectivity index (χ4n) is 1.43. The molecule has 0 fully saturated rings. The predicted octanol–water partition coefficient (Wildman–Crippen LogP) is 3.07. The monoisotopic (exact) mass is 377 g/mol. The van der Waals surface area contributed by atoms with Crippen LogP contribution in [0.4, 0.5) is 0 Å². The maximum atomic E-state index is 11.5. The van der Waals surface area contributed by atoms with Crippen molar-refractivity contribution in [2.24, 2.45) is 0 Å². The number of carbonyl (C=O) groups excluding carboxylic acids is 1. The fraction of sp³-hybridized carbons (Fsp3) is 0.0625. The average molecular weight is 377 g/mol. The maximum Gasteiger partial charge on any atom is 0.244 e. The summed E-state index contributed by atoms with van der Waals surface area (Å²) in [6.07, 6.45) is 3.06. The van der Waals surface area contributed by atoms with Crippen LogP contribution >= 0.6 is 22.6 Å². The summed E-state index contributed by atoms with van der Waals surface area (Å²) in [6.45, 7) is 0.313. The summed E-state index contributed by atoms with van der Waals surface area (Å²) in [6, 6.07) is 13.3. The molecule has 100 valence electrons. The van der Waals surface area contributed by atoms with Crippen LogP contribution in [0, 0.1) is 15.6 Å². The lowest BCUT2D eigenvalue weighted by Crippen LogP contribution is -2.20. The van der Waals surface area contributed by atoms with Crippen molar-refractivity contribution < 1.29 is 9.21 Å². The fourth-order valence-corrected chi connectivity index (χ4v) is 1.87. The van der Waals surface area contributed by atoms with Crippen molar-refractivity contribution >= 4 is 34.6 Å². The highest BCUT2D eigenvalue weighted by atomic mass is 127. The van der Waals surface area contributed by atoms with Gasteiger partial charge in [-0.2, -0.15) is 0 Å². The first-order valence-electron chi connectivity index (χ1n) is 5.99. The highest BCUT2D eigenvalue weighted by molar-refractivity contribution is 14.1. The van der Waals surface area contributed by atoms with Gasteiger partial charge in [0.15, 0.2) is 3.77 Å². The second kappa shape index (κ2) is 7.56. The van der Waals surface area contributed by atoms with E-state index in [0.717, 1.165) is 9.33 Å². The summed E-state index contributed by atoms with van der Waals surface area (Å²) in [5.41, 5.74) is 0.933. The van der Waals surface area contributed by atoms with Crippen LogP contribution in [0.15, 0.2) is 53.0 Å². The molecule has 0 aliphatic heterocycles. The van der Waals surface area contributed by atoms with E-state index in [1.165, 1.54) is 6.08 Å². The van der Waals surface area contributed by atoms with E-state index >= 15 is 0 Å². The van der Waals surface area contributed by atoms with Crippen molar-refractivity contribution in [3.8, 4) is 11.8 Å². The van der Waals surface area contributed by atoms with E-state index in [4.69, 9.17) is 4.42 Å². The molecule has 0 aliphatic rings. The van der Waals surface area contributed by atoms with Crippen molar-refractivity contribution in [1.82, 2.24) is 5.32 Å². The van der Waals surface area contributed by atoms with Gasteiger partial charge in [0.1, 0.15) is 5.76 Å². The smallest absolute Gasteiger partial charge is 0.244 e. The molecule has 0 aliphatic carbocycles. The molecule has 2 rings (SSSR count). The van der Waals surface area contributed by atoms with E-state index < -0.39 is 0 Å². The van der Waals surface area contributed by atoms with E-state index in [1.807, 2.05) is 36.4 Å². The Morgan fingerprint density at radius 3 is 2.75 bits per heavy atom. The molecule has 4 heteroatoms. The van der Waals surface area contributed by atoms with Crippen molar-refractivity contribution in [3.05, 3.63) is 63.6 Å². The molecular weight excluding hydrogens is 365 g/mol. The summed E-state index contributed by atoms with van der Waals surface area (Å²) in [4.78, 5) is 11.5. The van der Waals surface area contributed by atoms with Crippen LogP contribution in [0.3, 0.4) is 0 Å². The predicted molar refractivity (Wildman–Crippen MR) is 86.8 cm³/mol. The van der Waals surface area contributed by atoms with E-state index in [1.54, 1.807) is 12.1 Å². The third-order valence-electron chi connectivity index (χ3n) is 2.35. The number of benzene rings is 1. The molecule has 0 saturated heterocycles. The lowest BCUT2D eigenvalue weighted by atomic mass is 10.2. The number of furan rings is 1. The molecule has 20 heavy (non-hydrogen) atoms. The molecule has 0 bridgehead atoms. The number of hydrogen-bond donors (Lipinski definition) is 1. The van der Waals surface area contributed by atoms with Crippen molar-refractivity contribution in [3.63, 3.8) is 0 Å². The SMILES string of the molecule is O=C(/C=C/c1ccc(I)o1)NCC#Cc1ccccc1. The molecule has 0 saturated carbocycles. The maximum absolute atomic E-state index is 11.5. The van der Waals surface area contributed by atoms with E-state index in [9.17, 15) is 4.79 Å². The van der Waals surface area contributed by atoms with Crippen LogP contribution < -0.4 is 5.32 Å². The van der Waals surface area contributed by atoms with Crippen LogP contribution in [0.1, 0.15) is 11.3 Å². The Morgan fingerprint density at radius 1 is 1.25 bits per heavy atom. The molecule has 1 aromatic heterocycles. The average Bonchev–Trinajstić information content (AvgIpc) is 2.88. The van der Waals surface area contributed by atoms with Gasteiger partial charge in [-0.15, -0.1) is 0 Å². The molecule has 3 nitrogen and oxygen atoms in total. The van der Waals surface area contributed by atoms with E-state index in [-0.39, 0.29) is 5.91 Å². The Kier molecular flexibility index (Phi) is 5.44. The van der Waals surface area contributed by atoms with Gasteiger partial charge in [-0.25, -0.2) is 0 Å². The van der Waals surface area contributed by atoms with Crippen LogP contribution in [-0.4, -0.2) is 12.5 Å². The Labute approximate surface area is 131 Å². The Hall–Kier alpha value is -2.00. The van der Waals surface area contributed by atoms with Gasteiger partial charge >= 0.3 is 0 Å². The standard InChI is InChI=1S/C16H12INO2/c17-15-10-8-14(20-15)9-11-16(19)18-12-4-7-13-5-2-1-3-6-13/h1-3,5-6,8-11H,12H2,(H,18,19)/b11-9+. The minimum absolute atomic E-state index is 0.196. The largest absolute Gasteiger partial charge is 0.451 e. The van der Waals surface area contributed by atoms with Crippen molar-refractivity contribution in [2.75, 3.05) is 6.54 Å². The second-order valence-electron chi connectivity index (χ2n) is 3.86. The van der Waals surface area contributed by atoms with Crippen LogP contribution in [0.25, 0.3) is 6.08 Å². The number of rotatable bonds is 3. The summed E-state index contributed by atoms with van der Waals surface area (Å²) in [5, 5.41) is 2.69. The van der Waals surface area contributed by atoms with E-state index in [2.05, 4.69) is 39.7 Å². The van der Waals surface area contributed by atoms with Crippen LogP contribution in [-0.2, 0) is 4.79 Å². The number of amides is 1. The van der Waals surface area contributed by atoms with Gasteiger partial charge in [0.05, 0.1) is 6.54 Å². The van der Waals surface area contributed by atoms with Gasteiger partial charge in [0.25, 0.3) is 0 Å². The summed E-state index contributed by atoms with van der Waals surface area (Å²) in [7, 11) is 0. The number of hydrogen-bond acceptors (Lipinski definition) is 2. The number of carbonyl (C=O) groups is 1. The molecule has 1 heterocycles. The molecule has 0 spiro atoms. The highest BCUT2D eigenvalue weighted by Gasteiger charge is 1.96. The van der Waals surface area contributed by atoms with Gasteiger partial charge in [-0.1, -0.05) is 30.0 Å². The summed E-state index contributed by atoms with van der Waals surface area (Å²) >= 11 is 2.07. The first-order valence-corrected chi connectivity index (χ1v) is 7.07. The van der Waals surface area contributed by atoms with E-state index in [0.29, 0.717) is 12.3 Å². The minimum Gasteiger partial charge on any atom is -0.451 e. The van der Waals surface area contributed by atoms with Crippen molar-refractivity contribution in [2.45, 2.75) is 0 Å². The molecule has 0 atom stereocenters. The second-order valence-corrected chi connectivity index (χ2v) is 4.92. The third-order valence-corrected chi connectivity index (χ3v) is 2.93. The molecule has 0 unspecified atom stereocenters. The molecule has 1 amide bonds. The van der Waals surface area contributed by atoms with Gasteiger partial charge < -0.3 is 9.73 Å². The Morgan fingerprint density at radius 2 is 2.05 bits per heavy atom. The van der Waals surface area contributed by atoms with Gasteiger partial charge in [0.2, 0.25) is 5.91 Å². The molecular formula is C16H12INO2. The zero-order valence-corrected chi connectivity index (χ0v) is 12.8. The normalized spacial score (nSPS) is 10.1. The first-order chi connectivity index (χ1) is 9.74. The van der Waals surface area contributed by atoms with Crippen LogP contribution in [0.5, 0.6) is 0 Å². The van der Waals surface area contributed by atoms with Gasteiger partial charge in [-0.05, 0) is 52.9 Å². The Bertz CT molecular complexity index is 663. The molecule has 1 N–H and O–H groups in total.